The Morgan fingerprint density at radius 2 is 2.00 bits per heavy atom. The zero-order valence-electron chi connectivity index (χ0n) is 13.6. The molecule has 0 aromatic heterocycles. The molecular weight excluding hydrogens is 260 g/mol. The zero-order valence-corrected chi connectivity index (χ0v) is 13.6. The highest BCUT2D eigenvalue weighted by molar-refractivity contribution is 5.78. The number of amides is 1. The molecule has 116 valence electrons. The zero-order chi connectivity index (χ0) is 15.2. The molecule has 0 bridgehead atoms. The third kappa shape index (κ3) is 4.31. The van der Waals surface area contributed by atoms with Crippen LogP contribution in [0.5, 0.6) is 0 Å². The minimum atomic E-state index is 0.241. The van der Waals surface area contributed by atoms with Crippen molar-refractivity contribution >= 4 is 5.91 Å². The van der Waals surface area contributed by atoms with Crippen LogP contribution < -0.4 is 5.32 Å². The van der Waals surface area contributed by atoms with Gasteiger partial charge in [0.25, 0.3) is 0 Å². The van der Waals surface area contributed by atoms with Crippen molar-refractivity contribution in [2.75, 3.05) is 19.6 Å². The smallest absolute Gasteiger partial charge is 0.222 e. The molecule has 2 rings (SSSR count). The van der Waals surface area contributed by atoms with Gasteiger partial charge in [-0.3, -0.25) is 4.79 Å². The lowest BCUT2D eigenvalue weighted by Crippen LogP contribution is -2.36. The predicted octanol–water partition coefficient (Wildman–Crippen LogP) is 3.16. The quantitative estimate of drug-likeness (QED) is 0.836. The summed E-state index contributed by atoms with van der Waals surface area (Å²) in [6.07, 6.45) is 2.87. The first-order valence-electron chi connectivity index (χ1n) is 8.24. The van der Waals surface area contributed by atoms with Crippen LogP contribution in [-0.2, 0) is 11.2 Å². The van der Waals surface area contributed by atoms with Gasteiger partial charge in [-0.05, 0) is 36.4 Å². The maximum absolute atomic E-state index is 12.0. The van der Waals surface area contributed by atoms with Gasteiger partial charge in [0.2, 0.25) is 5.91 Å². The molecule has 3 nitrogen and oxygen atoms in total. The van der Waals surface area contributed by atoms with Crippen molar-refractivity contribution in [2.24, 2.45) is 5.92 Å². The summed E-state index contributed by atoms with van der Waals surface area (Å²) in [5.41, 5.74) is 2.65. The van der Waals surface area contributed by atoms with Gasteiger partial charge < -0.3 is 10.2 Å². The molecule has 21 heavy (non-hydrogen) atoms. The van der Waals surface area contributed by atoms with E-state index in [9.17, 15) is 4.79 Å². The predicted molar refractivity (Wildman–Crippen MR) is 87.2 cm³/mol. The van der Waals surface area contributed by atoms with E-state index in [1.165, 1.54) is 11.1 Å². The summed E-state index contributed by atoms with van der Waals surface area (Å²) in [6, 6.07) is 9.05. The van der Waals surface area contributed by atoms with E-state index in [2.05, 4.69) is 50.4 Å². The van der Waals surface area contributed by atoms with Gasteiger partial charge in [-0.2, -0.15) is 0 Å². The Balaban J connectivity index is 2.07. The fraction of sp³-hybridized carbons (Fsp3) is 0.611. The molecule has 1 aromatic rings. The average Bonchev–Trinajstić information content (AvgIpc) is 2.81. The highest BCUT2D eigenvalue weighted by atomic mass is 16.2. The van der Waals surface area contributed by atoms with Gasteiger partial charge in [0, 0.05) is 25.6 Å². The third-order valence-corrected chi connectivity index (χ3v) is 4.24. The molecule has 3 heteroatoms. The second kappa shape index (κ2) is 7.60. The summed E-state index contributed by atoms with van der Waals surface area (Å²) in [7, 11) is 0. The van der Waals surface area contributed by atoms with Gasteiger partial charge in [-0.25, -0.2) is 0 Å². The van der Waals surface area contributed by atoms with E-state index < -0.39 is 0 Å². The maximum atomic E-state index is 12.0. The summed E-state index contributed by atoms with van der Waals surface area (Å²) in [4.78, 5) is 14.0. The highest BCUT2D eigenvalue weighted by Gasteiger charge is 2.28. The van der Waals surface area contributed by atoms with Crippen LogP contribution in [0.2, 0.25) is 0 Å². The molecule has 0 spiro atoms. The van der Waals surface area contributed by atoms with Gasteiger partial charge in [0.05, 0.1) is 0 Å². The van der Waals surface area contributed by atoms with Crippen LogP contribution in [0.1, 0.15) is 50.8 Å². The Hall–Kier alpha value is -1.35. The Morgan fingerprint density at radius 3 is 2.52 bits per heavy atom. The Labute approximate surface area is 128 Å². The van der Waals surface area contributed by atoms with Crippen molar-refractivity contribution in [3.05, 3.63) is 35.4 Å². The first kappa shape index (κ1) is 16.0. The summed E-state index contributed by atoms with van der Waals surface area (Å²) >= 11 is 0. The summed E-state index contributed by atoms with van der Waals surface area (Å²) < 4.78 is 0. The molecule has 1 heterocycles. The SMILES string of the molecule is CCCNC(CN1CC(C)CC1=O)c1ccc(CC)cc1. The highest BCUT2D eigenvalue weighted by Crippen LogP contribution is 2.22. The molecule has 0 aliphatic carbocycles. The number of carbonyl (C=O) groups is 1. The Kier molecular flexibility index (Phi) is 5.80. The molecule has 2 unspecified atom stereocenters. The van der Waals surface area contributed by atoms with Crippen molar-refractivity contribution in [3.63, 3.8) is 0 Å². The van der Waals surface area contributed by atoms with E-state index in [1.54, 1.807) is 0 Å². The average molecular weight is 288 g/mol. The lowest BCUT2D eigenvalue weighted by molar-refractivity contribution is -0.128. The number of rotatable bonds is 7. The van der Waals surface area contributed by atoms with E-state index in [0.717, 1.165) is 32.5 Å². The van der Waals surface area contributed by atoms with Crippen LogP contribution in [0.25, 0.3) is 0 Å². The van der Waals surface area contributed by atoms with Crippen LogP contribution in [0, 0.1) is 5.92 Å². The van der Waals surface area contributed by atoms with Crippen LogP contribution >= 0.6 is 0 Å². The molecule has 1 aliphatic rings. The molecule has 1 saturated heterocycles. The molecule has 1 aliphatic heterocycles. The van der Waals surface area contributed by atoms with E-state index in [1.807, 2.05) is 4.90 Å². The first-order valence-corrected chi connectivity index (χ1v) is 8.24. The van der Waals surface area contributed by atoms with Gasteiger partial charge in [0.15, 0.2) is 0 Å². The summed E-state index contributed by atoms with van der Waals surface area (Å²) in [5.74, 6) is 0.794. The fourth-order valence-electron chi connectivity index (χ4n) is 2.96. The van der Waals surface area contributed by atoms with Crippen molar-refractivity contribution in [2.45, 2.75) is 46.1 Å². The molecule has 2 atom stereocenters. The molecule has 1 amide bonds. The number of carbonyl (C=O) groups excluding carboxylic acids is 1. The normalized spacial score (nSPS) is 20.0. The first-order chi connectivity index (χ1) is 10.1. The van der Waals surface area contributed by atoms with Gasteiger partial charge in [0.1, 0.15) is 0 Å². The fourth-order valence-corrected chi connectivity index (χ4v) is 2.96. The number of aryl methyl sites for hydroxylation is 1. The molecule has 1 fully saturated rings. The Morgan fingerprint density at radius 1 is 1.29 bits per heavy atom. The maximum Gasteiger partial charge on any atom is 0.222 e. The number of benzene rings is 1. The van der Waals surface area contributed by atoms with E-state index in [4.69, 9.17) is 0 Å². The van der Waals surface area contributed by atoms with Crippen molar-refractivity contribution in [1.29, 1.82) is 0 Å². The van der Waals surface area contributed by atoms with Crippen molar-refractivity contribution in [3.8, 4) is 0 Å². The lowest BCUT2D eigenvalue weighted by Gasteiger charge is -2.25. The van der Waals surface area contributed by atoms with Crippen molar-refractivity contribution < 1.29 is 4.79 Å². The molecule has 0 saturated carbocycles. The molecule has 1 aromatic carbocycles. The molecule has 0 radical (unpaired) electrons. The number of likely N-dealkylation sites (tertiary alicyclic amines) is 1. The second-order valence-corrected chi connectivity index (χ2v) is 6.21. The third-order valence-electron chi connectivity index (χ3n) is 4.24. The Bertz CT molecular complexity index is 455. The minimum Gasteiger partial charge on any atom is -0.340 e. The van der Waals surface area contributed by atoms with Crippen LogP contribution in [0.3, 0.4) is 0 Å². The van der Waals surface area contributed by atoms with Gasteiger partial charge >= 0.3 is 0 Å². The van der Waals surface area contributed by atoms with E-state index in [-0.39, 0.29) is 6.04 Å². The minimum absolute atomic E-state index is 0.241. The van der Waals surface area contributed by atoms with Crippen molar-refractivity contribution in [1.82, 2.24) is 10.2 Å². The monoisotopic (exact) mass is 288 g/mol. The summed E-state index contributed by atoms with van der Waals surface area (Å²) in [6.45, 7) is 9.17. The van der Waals surface area contributed by atoms with Crippen LogP contribution in [0.15, 0.2) is 24.3 Å². The van der Waals surface area contributed by atoms with Gasteiger partial charge in [-0.15, -0.1) is 0 Å². The topological polar surface area (TPSA) is 32.3 Å². The molecule has 1 N–H and O–H groups in total. The number of hydrogen-bond acceptors (Lipinski definition) is 2. The van der Waals surface area contributed by atoms with Crippen LogP contribution in [0.4, 0.5) is 0 Å². The standard InChI is InChI=1S/C18H28N2O/c1-4-10-19-17(13-20-12-14(3)11-18(20)21)16-8-6-15(5-2)7-9-16/h6-9,14,17,19H,4-5,10-13H2,1-3H3. The number of nitrogens with one attached hydrogen (secondary N) is 1. The second-order valence-electron chi connectivity index (χ2n) is 6.21. The lowest BCUT2D eigenvalue weighted by atomic mass is 10.0. The largest absolute Gasteiger partial charge is 0.340 e. The van der Waals surface area contributed by atoms with E-state index in [0.29, 0.717) is 18.2 Å². The number of hydrogen-bond donors (Lipinski definition) is 1. The van der Waals surface area contributed by atoms with Crippen LogP contribution in [-0.4, -0.2) is 30.4 Å². The number of nitrogens with zero attached hydrogens (tertiary/aromatic N) is 1. The van der Waals surface area contributed by atoms with Gasteiger partial charge in [-0.1, -0.05) is 45.0 Å². The van der Waals surface area contributed by atoms with E-state index >= 15 is 0 Å². The summed E-state index contributed by atoms with van der Waals surface area (Å²) in [5, 5.41) is 3.59. The molecular formula is C18H28N2O.